The third-order valence-electron chi connectivity index (χ3n) is 3.06. The molecule has 0 fully saturated rings. The largest absolute Gasteiger partial charge is 0.385 e. The molecule has 0 aliphatic carbocycles. The van der Waals surface area contributed by atoms with Gasteiger partial charge in [-0.1, -0.05) is 43.3 Å². The molecule has 1 N–H and O–H groups in total. The van der Waals surface area contributed by atoms with Crippen LogP contribution in [0.25, 0.3) is 10.8 Å². The van der Waals surface area contributed by atoms with Gasteiger partial charge in [-0.15, -0.1) is 0 Å². The molecule has 15 heavy (non-hydrogen) atoms. The summed E-state index contributed by atoms with van der Waals surface area (Å²) in [5.74, 6) is 0. The van der Waals surface area contributed by atoms with E-state index >= 15 is 0 Å². The second-order valence-electron chi connectivity index (χ2n) is 4.19. The number of benzene rings is 2. The van der Waals surface area contributed by atoms with E-state index in [1.165, 1.54) is 10.8 Å². The average Bonchev–Trinajstić information content (AvgIpc) is 2.28. The molecular weight excluding hydrogens is 184 g/mol. The predicted molar refractivity (Wildman–Crippen MR) is 63.8 cm³/mol. The van der Waals surface area contributed by atoms with Crippen LogP contribution in [0, 0.1) is 0 Å². The molecule has 78 valence electrons. The van der Waals surface area contributed by atoms with Crippen LogP contribution >= 0.6 is 0 Å². The molecule has 0 radical (unpaired) electrons. The highest BCUT2D eigenvalue weighted by atomic mass is 16.3. The average molecular weight is 200 g/mol. The minimum atomic E-state index is -0.718. The van der Waals surface area contributed by atoms with Crippen molar-refractivity contribution in [2.75, 3.05) is 0 Å². The van der Waals surface area contributed by atoms with E-state index in [0.717, 1.165) is 12.0 Å². The Hall–Kier alpha value is -1.34. The smallest absolute Gasteiger partial charge is 0.0866 e. The van der Waals surface area contributed by atoms with Gasteiger partial charge in [0.2, 0.25) is 0 Å². The second kappa shape index (κ2) is 3.67. The monoisotopic (exact) mass is 200 g/mol. The van der Waals surface area contributed by atoms with Gasteiger partial charge in [-0.3, -0.25) is 0 Å². The van der Waals surface area contributed by atoms with Gasteiger partial charge in [-0.2, -0.15) is 0 Å². The molecule has 1 nitrogen and oxygen atoms in total. The summed E-state index contributed by atoms with van der Waals surface area (Å²) in [5, 5.41) is 12.6. The van der Waals surface area contributed by atoms with E-state index in [1.807, 2.05) is 32.0 Å². The topological polar surface area (TPSA) is 20.2 Å². The molecule has 0 saturated carbocycles. The maximum atomic E-state index is 10.2. The quantitative estimate of drug-likeness (QED) is 0.787. The Labute approximate surface area is 90.4 Å². The first-order valence-corrected chi connectivity index (χ1v) is 5.35. The molecule has 0 unspecified atom stereocenters. The van der Waals surface area contributed by atoms with Crippen molar-refractivity contribution >= 4 is 10.8 Å². The van der Waals surface area contributed by atoms with Crippen LogP contribution in [0.1, 0.15) is 25.8 Å². The number of hydrogen-bond donors (Lipinski definition) is 1. The molecule has 0 saturated heterocycles. The van der Waals surface area contributed by atoms with Crippen molar-refractivity contribution in [3.8, 4) is 0 Å². The Morgan fingerprint density at radius 3 is 2.40 bits per heavy atom. The van der Waals surface area contributed by atoms with E-state index in [2.05, 4.69) is 24.3 Å². The lowest BCUT2D eigenvalue weighted by Gasteiger charge is -2.22. The normalized spacial score (nSPS) is 15.1. The Bertz CT molecular complexity index is 471. The van der Waals surface area contributed by atoms with Gasteiger partial charge in [-0.05, 0) is 35.7 Å². The third kappa shape index (κ3) is 1.88. The molecule has 0 heterocycles. The molecule has 0 aliphatic heterocycles. The lowest BCUT2D eigenvalue weighted by atomic mass is 9.91. The highest BCUT2D eigenvalue weighted by molar-refractivity contribution is 5.83. The Balaban J connectivity index is 2.56. The predicted octanol–water partition coefficient (Wildman–Crippen LogP) is 3.46. The molecule has 0 aliphatic rings. The molecule has 2 aromatic carbocycles. The van der Waals surface area contributed by atoms with Crippen molar-refractivity contribution in [2.45, 2.75) is 25.9 Å². The SMILES string of the molecule is CC[C@@](C)(O)c1ccc2ccccc2c1. The van der Waals surface area contributed by atoms with E-state index in [-0.39, 0.29) is 0 Å². The lowest BCUT2D eigenvalue weighted by molar-refractivity contribution is 0.0532. The van der Waals surface area contributed by atoms with Gasteiger partial charge in [0.15, 0.2) is 0 Å². The minimum Gasteiger partial charge on any atom is -0.385 e. The van der Waals surface area contributed by atoms with Crippen LogP contribution in [0.3, 0.4) is 0 Å². The first-order chi connectivity index (χ1) is 7.13. The number of fused-ring (bicyclic) bond motifs is 1. The van der Waals surface area contributed by atoms with E-state index in [4.69, 9.17) is 0 Å². The molecule has 0 aromatic heterocycles. The molecule has 1 heteroatoms. The fraction of sp³-hybridized carbons (Fsp3) is 0.286. The lowest BCUT2D eigenvalue weighted by Crippen LogP contribution is -2.19. The van der Waals surface area contributed by atoms with Gasteiger partial charge in [-0.25, -0.2) is 0 Å². The van der Waals surface area contributed by atoms with E-state index in [1.54, 1.807) is 0 Å². The zero-order valence-electron chi connectivity index (χ0n) is 9.20. The molecule has 0 amide bonds. The minimum absolute atomic E-state index is 0.718. The summed E-state index contributed by atoms with van der Waals surface area (Å²) in [6, 6.07) is 14.3. The standard InChI is InChI=1S/C14H16O/c1-3-14(2,15)13-9-8-11-6-4-5-7-12(11)10-13/h4-10,15H,3H2,1-2H3/t14-/m1/s1. The van der Waals surface area contributed by atoms with Crippen LogP contribution < -0.4 is 0 Å². The number of rotatable bonds is 2. The molecule has 0 spiro atoms. The molecule has 1 atom stereocenters. The molecule has 0 bridgehead atoms. The molecule has 2 aromatic rings. The van der Waals surface area contributed by atoms with Crippen LogP contribution in [0.5, 0.6) is 0 Å². The van der Waals surface area contributed by atoms with Crippen molar-refractivity contribution in [1.29, 1.82) is 0 Å². The zero-order valence-corrected chi connectivity index (χ0v) is 9.20. The fourth-order valence-electron chi connectivity index (χ4n) is 1.73. The highest BCUT2D eigenvalue weighted by Crippen LogP contribution is 2.27. The van der Waals surface area contributed by atoms with Crippen molar-refractivity contribution < 1.29 is 5.11 Å². The van der Waals surface area contributed by atoms with Crippen molar-refractivity contribution in [3.05, 3.63) is 48.0 Å². The Kier molecular flexibility index (Phi) is 2.49. The second-order valence-corrected chi connectivity index (χ2v) is 4.19. The molecular formula is C14H16O. The van der Waals surface area contributed by atoms with Crippen molar-refractivity contribution in [3.63, 3.8) is 0 Å². The van der Waals surface area contributed by atoms with Gasteiger partial charge < -0.3 is 5.11 Å². The first-order valence-electron chi connectivity index (χ1n) is 5.35. The number of aliphatic hydroxyl groups is 1. The fourth-order valence-corrected chi connectivity index (χ4v) is 1.73. The summed E-state index contributed by atoms with van der Waals surface area (Å²) in [6.45, 7) is 3.85. The van der Waals surface area contributed by atoms with Crippen LogP contribution in [0.15, 0.2) is 42.5 Å². The van der Waals surface area contributed by atoms with E-state index in [9.17, 15) is 5.11 Å². The Morgan fingerprint density at radius 1 is 1.07 bits per heavy atom. The van der Waals surface area contributed by atoms with Crippen LogP contribution in [0.2, 0.25) is 0 Å². The summed E-state index contributed by atoms with van der Waals surface area (Å²) in [6.07, 6.45) is 0.728. The number of hydrogen-bond acceptors (Lipinski definition) is 1. The van der Waals surface area contributed by atoms with E-state index in [0.29, 0.717) is 0 Å². The summed E-state index contributed by atoms with van der Waals surface area (Å²) in [7, 11) is 0. The molecule has 2 rings (SSSR count). The van der Waals surface area contributed by atoms with Crippen LogP contribution in [-0.4, -0.2) is 5.11 Å². The summed E-state index contributed by atoms with van der Waals surface area (Å²) >= 11 is 0. The summed E-state index contributed by atoms with van der Waals surface area (Å²) < 4.78 is 0. The van der Waals surface area contributed by atoms with Gasteiger partial charge in [0, 0.05) is 0 Å². The van der Waals surface area contributed by atoms with Gasteiger partial charge in [0.05, 0.1) is 5.60 Å². The van der Waals surface area contributed by atoms with Gasteiger partial charge >= 0.3 is 0 Å². The van der Waals surface area contributed by atoms with E-state index < -0.39 is 5.60 Å². The van der Waals surface area contributed by atoms with Gasteiger partial charge in [0.1, 0.15) is 0 Å². The maximum absolute atomic E-state index is 10.2. The third-order valence-corrected chi connectivity index (χ3v) is 3.06. The highest BCUT2D eigenvalue weighted by Gasteiger charge is 2.20. The van der Waals surface area contributed by atoms with Crippen LogP contribution in [-0.2, 0) is 5.60 Å². The van der Waals surface area contributed by atoms with Crippen molar-refractivity contribution in [2.24, 2.45) is 0 Å². The van der Waals surface area contributed by atoms with Crippen molar-refractivity contribution in [1.82, 2.24) is 0 Å². The maximum Gasteiger partial charge on any atom is 0.0866 e. The Morgan fingerprint density at radius 2 is 1.73 bits per heavy atom. The van der Waals surface area contributed by atoms with Crippen LogP contribution in [0.4, 0.5) is 0 Å². The first kappa shape index (κ1) is 10.2. The van der Waals surface area contributed by atoms with Gasteiger partial charge in [0.25, 0.3) is 0 Å². The zero-order chi connectivity index (χ0) is 10.9. The summed E-state index contributed by atoms with van der Waals surface area (Å²) in [5.41, 5.74) is 0.271. The summed E-state index contributed by atoms with van der Waals surface area (Å²) in [4.78, 5) is 0.